The molecule has 38 heavy (non-hydrogen) atoms. The predicted molar refractivity (Wildman–Crippen MR) is 145 cm³/mol. The van der Waals surface area contributed by atoms with Crippen molar-refractivity contribution in [3.05, 3.63) is 72.6 Å². The van der Waals surface area contributed by atoms with E-state index in [2.05, 4.69) is 16.0 Å². The minimum Gasteiger partial charge on any atom is -0.457 e. The summed E-state index contributed by atoms with van der Waals surface area (Å²) in [5.41, 5.74) is 8.63. The molecular weight excluding hydrogens is 478 g/mol. The number of nitrogen functional groups attached to an aromatic ring is 1. The second-order valence-electron chi connectivity index (χ2n) is 9.67. The molecule has 0 saturated carbocycles. The van der Waals surface area contributed by atoms with Crippen molar-refractivity contribution in [2.75, 3.05) is 18.8 Å². The first-order valence-corrected chi connectivity index (χ1v) is 12.7. The molecule has 4 aromatic rings. The Hall–Kier alpha value is -4.71. The van der Waals surface area contributed by atoms with Crippen molar-refractivity contribution in [2.45, 2.75) is 32.7 Å². The first kappa shape index (κ1) is 25.0. The van der Waals surface area contributed by atoms with Crippen LogP contribution in [0.4, 0.5) is 5.82 Å². The van der Waals surface area contributed by atoms with Gasteiger partial charge in [-0.2, -0.15) is 10.4 Å². The Bertz CT molecular complexity index is 1520. The quantitative estimate of drug-likeness (QED) is 0.283. The molecule has 1 saturated heterocycles. The van der Waals surface area contributed by atoms with Crippen LogP contribution in [0.15, 0.2) is 72.6 Å². The number of benzene rings is 2. The third-order valence-corrected chi connectivity index (χ3v) is 6.51. The van der Waals surface area contributed by atoms with Gasteiger partial charge in [0.2, 0.25) is 0 Å². The van der Waals surface area contributed by atoms with E-state index in [0.29, 0.717) is 41.4 Å². The van der Waals surface area contributed by atoms with Crippen LogP contribution >= 0.6 is 0 Å². The van der Waals surface area contributed by atoms with Crippen LogP contribution in [0.2, 0.25) is 0 Å². The molecule has 2 aromatic carbocycles. The third kappa shape index (κ3) is 5.06. The van der Waals surface area contributed by atoms with E-state index < -0.39 is 0 Å². The summed E-state index contributed by atoms with van der Waals surface area (Å²) in [6, 6.07) is 19.2. The smallest absolute Gasteiger partial charge is 0.264 e. The van der Waals surface area contributed by atoms with Crippen LogP contribution < -0.4 is 10.5 Å². The molecule has 0 aliphatic carbocycles. The van der Waals surface area contributed by atoms with Crippen molar-refractivity contribution < 1.29 is 9.53 Å². The Balaban J connectivity index is 1.46. The zero-order valence-corrected chi connectivity index (χ0v) is 21.4. The summed E-state index contributed by atoms with van der Waals surface area (Å²) in [6.45, 7) is 4.93. The van der Waals surface area contributed by atoms with Crippen LogP contribution in [-0.2, 0) is 4.79 Å². The normalized spacial score (nSPS) is 16.0. The van der Waals surface area contributed by atoms with E-state index in [0.717, 1.165) is 24.2 Å². The van der Waals surface area contributed by atoms with Gasteiger partial charge >= 0.3 is 0 Å². The van der Waals surface area contributed by atoms with Gasteiger partial charge in [-0.15, -0.1) is 0 Å². The first-order valence-electron chi connectivity index (χ1n) is 12.7. The fourth-order valence-electron chi connectivity index (χ4n) is 4.76. The van der Waals surface area contributed by atoms with Crippen LogP contribution in [0.1, 0.15) is 32.7 Å². The van der Waals surface area contributed by atoms with Crippen molar-refractivity contribution in [3.63, 3.8) is 0 Å². The van der Waals surface area contributed by atoms with Gasteiger partial charge in [0.05, 0.1) is 11.4 Å². The summed E-state index contributed by atoms with van der Waals surface area (Å²) in [4.78, 5) is 23.6. The number of fused-ring (bicyclic) bond motifs is 1. The highest BCUT2D eigenvalue weighted by molar-refractivity contribution is 5.99. The SMILES string of the molecule is CC(C)C=C(C#N)C(=O)N1CCCC(n2nc(-c3ccc(Oc4ccccc4)cc3)c3c(N)ncnc32)C1. The van der Waals surface area contributed by atoms with Crippen LogP contribution in [0.5, 0.6) is 11.5 Å². The Labute approximate surface area is 221 Å². The number of allylic oxidation sites excluding steroid dienone is 1. The number of nitriles is 1. The molecule has 1 amide bonds. The van der Waals surface area contributed by atoms with E-state index in [1.165, 1.54) is 6.33 Å². The third-order valence-electron chi connectivity index (χ3n) is 6.51. The van der Waals surface area contributed by atoms with Crippen molar-refractivity contribution in [1.29, 1.82) is 5.26 Å². The highest BCUT2D eigenvalue weighted by Crippen LogP contribution is 2.35. The van der Waals surface area contributed by atoms with Crippen molar-refractivity contribution in [3.8, 4) is 28.8 Å². The van der Waals surface area contributed by atoms with Gasteiger partial charge in [-0.05, 0) is 55.2 Å². The molecule has 1 aliphatic heterocycles. The maximum Gasteiger partial charge on any atom is 0.264 e. The van der Waals surface area contributed by atoms with Gasteiger partial charge in [0.1, 0.15) is 41.0 Å². The number of ether oxygens (including phenoxy) is 1. The standard InChI is InChI=1S/C29H29N7O2/c1-19(2)15-21(16-30)29(37)35-14-6-7-22(17-35)36-28-25(27(31)32-18-33-28)26(34-36)20-10-12-24(13-11-20)38-23-8-4-3-5-9-23/h3-5,8-13,15,18-19,22H,6-7,14,17H2,1-2H3,(H2,31,32,33). The predicted octanol–water partition coefficient (Wildman–Crippen LogP) is 5.14. The molecule has 0 spiro atoms. The monoisotopic (exact) mass is 507 g/mol. The van der Waals surface area contributed by atoms with Gasteiger partial charge in [-0.1, -0.05) is 38.1 Å². The van der Waals surface area contributed by atoms with Gasteiger partial charge in [-0.25, -0.2) is 14.6 Å². The summed E-state index contributed by atoms with van der Waals surface area (Å²) in [6.07, 6.45) is 4.76. The van der Waals surface area contributed by atoms with Gasteiger partial charge in [0.25, 0.3) is 5.91 Å². The fourth-order valence-corrected chi connectivity index (χ4v) is 4.76. The molecular formula is C29H29N7O2. The lowest BCUT2D eigenvalue weighted by Gasteiger charge is -2.33. The Morgan fingerprint density at radius 1 is 1.13 bits per heavy atom. The lowest BCUT2D eigenvalue weighted by molar-refractivity contribution is -0.128. The number of hydrogen-bond donors (Lipinski definition) is 1. The molecule has 0 radical (unpaired) electrons. The summed E-state index contributed by atoms with van der Waals surface area (Å²) in [5, 5.41) is 15.2. The zero-order chi connectivity index (χ0) is 26.6. The van der Waals surface area contributed by atoms with Gasteiger partial charge in [0, 0.05) is 18.7 Å². The molecule has 9 nitrogen and oxygen atoms in total. The topological polar surface area (TPSA) is 123 Å². The number of piperidine rings is 1. The number of aromatic nitrogens is 4. The Kier molecular flexibility index (Phi) is 7.05. The number of likely N-dealkylation sites (tertiary alicyclic amines) is 1. The lowest BCUT2D eigenvalue weighted by Crippen LogP contribution is -2.41. The van der Waals surface area contributed by atoms with Crippen LogP contribution in [-0.4, -0.2) is 43.6 Å². The van der Waals surface area contributed by atoms with E-state index in [1.54, 1.807) is 11.0 Å². The second kappa shape index (κ2) is 10.7. The number of nitrogens with two attached hydrogens (primary N) is 1. The minimum absolute atomic E-state index is 0.107. The number of anilines is 1. The maximum absolute atomic E-state index is 13.1. The molecule has 192 valence electrons. The maximum atomic E-state index is 13.1. The first-order chi connectivity index (χ1) is 18.4. The molecule has 1 atom stereocenters. The van der Waals surface area contributed by atoms with E-state index in [1.807, 2.05) is 73.1 Å². The largest absolute Gasteiger partial charge is 0.457 e. The fraction of sp³-hybridized carbons (Fsp3) is 0.276. The molecule has 9 heteroatoms. The lowest BCUT2D eigenvalue weighted by atomic mass is 10.0. The summed E-state index contributed by atoms with van der Waals surface area (Å²) in [5.74, 6) is 1.67. The minimum atomic E-state index is -0.245. The molecule has 1 aliphatic rings. The van der Waals surface area contributed by atoms with Crippen LogP contribution in [0.25, 0.3) is 22.3 Å². The van der Waals surface area contributed by atoms with Gasteiger partial charge in [-0.3, -0.25) is 4.79 Å². The summed E-state index contributed by atoms with van der Waals surface area (Å²) >= 11 is 0. The zero-order valence-electron chi connectivity index (χ0n) is 21.4. The highest BCUT2D eigenvalue weighted by atomic mass is 16.5. The average Bonchev–Trinajstić information content (AvgIpc) is 3.33. The van der Waals surface area contributed by atoms with E-state index in [9.17, 15) is 10.1 Å². The molecule has 1 unspecified atom stereocenters. The van der Waals surface area contributed by atoms with Gasteiger partial charge in [0.15, 0.2) is 5.65 Å². The van der Waals surface area contributed by atoms with Crippen LogP contribution in [0.3, 0.4) is 0 Å². The molecule has 0 bridgehead atoms. The Morgan fingerprint density at radius 2 is 1.87 bits per heavy atom. The molecule has 3 heterocycles. The number of rotatable bonds is 6. The molecule has 2 aromatic heterocycles. The van der Waals surface area contributed by atoms with E-state index in [4.69, 9.17) is 15.6 Å². The van der Waals surface area contributed by atoms with E-state index >= 15 is 0 Å². The number of hydrogen-bond acceptors (Lipinski definition) is 7. The molecule has 2 N–H and O–H groups in total. The van der Waals surface area contributed by atoms with Crippen molar-refractivity contribution >= 4 is 22.8 Å². The Morgan fingerprint density at radius 3 is 2.58 bits per heavy atom. The number of carbonyl (C=O) groups is 1. The molecule has 1 fully saturated rings. The summed E-state index contributed by atoms with van der Waals surface area (Å²) in [7, 11) is 0. The number of para-hydroxylation sites is 1. The second-order valence-corrected chi connectivity index (χ2v) is 9.67. The highest BCUT2D eigenvalue weighted by Gasteiger charge is 2.30. The summed E-state index contributed by atoms with van der Waals surface area (Å²) < 4.78 is 7.78. The number of amides is 1. The molecule has 5 rings (SSSR count). The van der Waals surface area contributed by atoms with Crippen molar-refractivity contribution in [2.24, 2.45) is 5.92 Å². The van der Waals surface area contributed by atoms with E-state index in [-0.39, 0.29) is 23.4 Å². The van der Waals surface area contributed by atoms with Crippen LogP contribution in [0, 0.1) is 17.2 Å². The van der Waals surface area contributed by atoms with Crippen molar-refractivity contribution in [1.82, 2.24) is 24.6 Å². The average molecular weight is 508 g/mol. The number of carbonyl (C=O) groups excluding carboxylic acids is 1. The number of nitrogens with zero attached hydrogens (tertiary/aromatic N) is 6. The van der Waals surface area contributed by atoms with Gasteiger partial charge < -0.3 is 15.4 Å².